The van der Waals surface area contributed by atoms with Gasteiger partial charge in [0, 0.05) is 10.9 Å². The van der Waals surface area contributed by atoms with Gasteiger partial charge in [-0.2, -0.15) is 10.3 Å². The number of carbonyl (C=O) groups is 1. The standard InChI is InChI=1S/C14H12FN3O3S2/c15-9-2-1-3-10(6-9)18-11-7-23(20,21)8-12(11)22-14(18)17-13(19)4-5-16/h1-3,6,11-12H,4,7-8H2/t11-,12-/m0/s1. The fourth-order valence-corrected chi connectivity index (χ4v) is 6.64. The summed E-state index contributed by atoms with van der Waals surface area (Å²) in [4.78, 5) is 17.2. The summed E-state index contributed by atoms with van der Waals surface area (Å²) in [6, 6.07) is 7.06. The third-order valence-corrected chi connectivity index (χ3v) is 6.81. The summed E-state index contributed by atoms with van der Waals surface area (Å²) in [6.45, 7) is 0. The van der Waals surface area contributed by atoms with Crippen molar-refractivity contribution in [3.63, 3.8) is 0 Å². The normalized spacial score (nSPS) is 27.0. The average molecular weight is 353 g/mol. The molecule has 120 valence electrons. The maximum Gasteiger partial charge on any atom is 0.262 e. The van der Waals surface area contributed by atoms with Crippen LogP contribution in [0.25, 0.3) is 0 Å². The Balaban J connectivity index is 2.01. The van der Waals surface area contributed by atoms with E-state index >= 15 is 0 Å². The Labute approximate surface area is 136 Å². The van der Waals surface area contributed by atoms with Gasteiger partial charge in [0.1, 0.15) is 12.2 Å². The number of nitriles is 1. The summed E-state index contributed by atoms with van der Waals surface area (Å²) in [6.07, 6.45) is -0.352. The molecule has 0 unspecified atom stereocenters. The second-order valence-electron chi connectivity index (χ2n) is 5.27. The van der Waals surface area contributed by atoms with Crippen LogP contribution in [0.5, 0.6) is 0 Å². The van der Waals surface area contributed by atoms with Crippen molar-refractivity contribution in [2.75, 3.05) is 16.4 Å². The summed E-state index contributed by atoms with van der Waals surface area (Å²) < 4.78 is 37.2. The molecule has 1 aromatic rings. The van der Waals surface area contributed by atoms with Crippen LogP contribution in [0.3, 0.4) is 0 Å². The number of aliphatic imine (C=N–C) groups is 1. The third kappa shape index (κ3) is 3.23. The van der Waals surface area contributed by atoms with Gasteiger partial charge in [0.2, 0.25) is 0 Å². The molecule has 2 aliphatic heterocycles. The number of thioether (sulfide) groups is 1. The molecule has 0 radical (unpaired) electrons. The van der Waals surface area contributed by atoms with E-state index in [4.69, 9.17) is 5.26 Å². The first-order valence-corrected chi connectivity index (χ1v) is 9.50. The zero-order chi connectivity index (χ0) is 16.6. The Hall–Kier alpha value is -1.92. The number of carbonyl (C=O) groups excluding carboxylic acids is 1. The molecule has 2 atom stereocenters. The van der Waals surface area contributed by atoms with E-state index in [1.807, 2.05) is 0 Å². The van der Waals surface area contributed by atoms with Gasteiger partial charge in [-0.25, -0.2) is 12.8 Å². The van der Waals surface area contributed by atoms with Crippen LogP contribution in [0, 0.1) is 17.1 Å². The highest BCUT2D eigenvalue weighted by Crippen LogP contribution is 2.41. The molecule has 0 aromatic heterocycles. The van der Waals surface area contributed by atoms with Gasteiger partial charge in [0.05, 0.1) is 23.6 Å². The molecule has 2 aliphatic rings. The topological polar surface area (TPSA) is 90.6 Å². The van der Waals surface area contributed by atoms with Crippen molar-refractivity contribution < 1.29 is 17.6 Å². The minimum Gasteiger partial charge on any atom is -0.315 e. The van der Waals surface area contributed by atoms with Crippen molar-refractivity contribution in [3.05, 3.63) is 30.1 Å². The second kappa shape index (κ2) is 5.94. The fourth-order valence-electron chi connectivity index (χ4n) is 2.71. The van der Waals surface area contributed by atoms with Gasteiger partial charge in [-0.1, -0.05) is 17.8 Å². The molecule has 2 saturated heterocycles. The lowest BCUT2D eigenvalue weighted by Gasteiger charge is -2.24. The van der Waals surface area contributed by atoms with Crippen LogP contribution in [0.15, 0.2) is 29.3 Å². The molecular formula is C14H12FN3O3S2. The van der Waals surface area contributed by atoms with Gasteiger partial charge in [-0.15, -0.1) is 0 Å². The molecule has 1 aromatic carbocycles. The van der Waals surface area contributed by atoms with E-state index in [0.717, 1.165) is 0 Å². The number of sulfone groups is 1. The summed E-state index contributed by atoms with van der Waals surface area (Å²) in [7, 11) is -3.17. The molecule has 0 N–H and O–H groups in total. The lowest BCUT2D eigenvalue weighted by atomic mass is 10.2. The first-order valence-electron chi connectivity index (χ1n) is 6.80. The largest absolute Gasteiger partial charge is 0.315 e. The fraction of sp³-hybridized carbons (Fsp3) is 0.357. The van der Waals surface area contributed by atoms with E-state index in [1.54, 1.807) is 17.0 Å². The molecule has 0 spiro atoms. The van der Waals surface area contributed by atoms with Crippen molar-refractivity contribution in [1.82, 2.24) is 0 Å². The minimum absolute atomic E-state index is 0.000387. The SMILES string of the molecule is N#CCC(=O)N=C1S[C@H]2CS(=O)(=O)C[C@@H]2N1c1cccc(F)c1. The Morgan fingerprint density at radius 3 is 2.96 bits per heavy atom. The Morgan fingerprint density at radius 2 is 2.26 bits per heavy atom. The predicted molar refractivity (Wildman–Crippen MR) is 85.4 cm³/mol. The summed E-state index contributed by atoms with van der Waals surface area (Å²) in [5, 5.41) is 8.64. The van der Waals surface area contributed by atoms with Crippen molar-refractivity contribution >= 4 is 38.4 Å². The lowest BCUT2D eigenvalue weighted by Crippen LogP contribution is -2.37. The lowest BCUT2D eigenvalue weighted by molar-refractivity contribution is -0.116. The molecule has 23 heavy (non-hydrogen) atoms. The molecule has 0 bridgehead atoms. The zero-order valence-electron chi connectivity index (χ0n) is 11.8. The minimum atomic E-state index is -3.17. The number of nitrogens with zero attached hydrogens (tertiary/aromatic N) is 3. The number of hydrogen-bond donors (Lipinski definition) is 0. The van der Waals surface area contributed by atoms with Crippen LogP contribution in [-0.4, -0.2) is 42.3 Å². The highest BCUT2D eigenvalue weighted by Gasteiger charge is 2.49. The van der Waals surface area contributed by atoms with Gasteiger partial charge in [0.25, 0.3) is 5.91 Å². The van der Waals surface area contributed by atoms with Crippen molar-refractivity contribution in [1.29, 1.82) is 5.26 Å². The number of amidine groups is 1. The van der Waals surface area contributed by atoms with Crippen molar-refractivity contribution in [2.45, 2.75) is 17.7 Å². The van der Waals surface area contributed by atoms with Crippen molar-refractivity contribution in [3.8, 4) is 6.07 Å². The van der Waals surface area contributed by atoms with E-state index in [9.17, 15) is 17.6 Å². The van der Waals surface area contributed by atoms with Gasteiger partial charge in [0.15, 0.2) is 15.0 Å². The molecule has 1 amide bonds. The number of hydrogen-bond acceptors (Lipinski definition) is 5. The predicted octanol–water partition coefficient (Wildman–Crippen LogP) is 1.34. The Morgan fingerprint density at radius 1 is 1.48 bits per heavy atom. The number of halogens is 1. The van der Waals surface area contributed by atoms with Crippen LogP contribution < -0.4 is 4.90 Å². The molecule has 9 heteroatoms. The second-order valence-corrected chi connectivity index (χ2v) is 8.63. The highest BCUT2D eigenvalue weighted by molar-refractivity contribution is 8.16. The molecule has 0 aliphatic carbocycles. The number of amides is 1. The highest BCUT2D eigenvalue weighted by atomic mass is 32.2. The Kier molecular flexibility index (Phi) is 4.12. The van der Waals surface area contributed by atoms with E-state index in [1.165, 1.54) is 30.0 Å². The molecule has 6 nitrogen and oxygen atoms in total. The summed E-state index contributed by atoms with van der Waals surface area (Å²) in [5.41, 5.74) is 0.450. The van der Waals surface area contributed by atoms with Crippen molar-refractivity contribution in [2.24, 2.45) is 4.99 Å². The number of benzene rings is 1. The van der Waals surface area contributed by atoms with Crippen LogP contribution in [0.2, 0.25) is 0 Å². The monoisotopic (exact) mass is 353 g/mol. The molecule has 2 heterocycles. The van der Waals surface area contributed by atoms with E-state index in [2.05, 4.69) is 4.99 Å². The van der Waals surface area contributed by atoms with E-state index < -0.39 is 21.6 Å². The average Bonchev–Trinajstić information content (AvgIpc) is 2.89. The smallest absolute Gasteiger partial charge is 0.262 e. The van der Waals surface area contributed by atoms with Crippen LogP contribution in [0.1, 0.15) is 6.42 Å². The first-order chi connectivity index (χ1) is 10.9. The van der Waals surface area contributed by atoms with Crippen LogP contribution in [0.4, 0.5) is 10.1 Å². The number of fused-ring (bicyclic) bond motifs is 1. The van der Waals surface area contributed by atoms with E-state index in [-0.39, 0.29) is 29.2 Å². The number of anilines is 1. The van der Waals surface area contributed by atoms with Crippen LogP contribution in [-0.2, 0) is 14.6 Å². The molecule has 3 rings (SSSR count). The third-order valence-electron chi connectivity index (χ3n) is 3.60. The van der Waals surface area contributed by atoms with Gasteiger partial charge in [-0.05, 0) is 18.2 Å². The quantitative estimate of drug-likeness (QED) is 0.797. The van der Waals surface area contributed by atoms with Crippen LogP contribution >= 0.6 is 11.8 Å². The Bertz CT molecular complexity index is 832. The first kappa shape index (κ1) is 16.0. The zero-order valence-corrected chi connectivity index (χ0v) is 13.5. The van der Waals surface area contributed by atoms with E-state index in [0.29, 0.717) is 10.9 Å². The maximum atomic E-state index is 13.5. The molecule has 2 fully saturated rings. The van der Waals surface area contributed by atoms with Gasteiger partial charge < -0.3 is 4.90 Å². The maximum absolute atomic E-state index is 13.5. The molecule has 0 saturated carbocycles. The van der Waals surface area contributed by atoms with Gasteiger partial charge >= 0.3 is 0 Å². The molecular weight excluding hydrogens is 341 g/mol. The summed E-state index contributed by atoms with van der Waals surface area (Å²) >= 11 is 1.19. The van der Waals surface area contributed by atoms with Gasteiger partial charge in [-0.3, -0.25) is 4.79 Å². The number of rotatable bonds is 2. The summed E-state index contributed by atoms with van der Waals surface area (Å²) in [5.74, 6) is -1.12.